The second-order valence-electron chi connectivity index (χ2n) is 15.5. The molecule has 64 heavy (non-hydrogen) atoms. The van der Waals surface area contributed by atoms with Crippen molar-refractivity contribution < 1.29 is 53.1 Å². The Kier molecular flexibility index (Phi) is 18.2. The summed E-state index contributed by atoms with van der Waals surface area (Å²) in [6, 6.07) is 22.7. The van der Waals surface area contributed by atoms with Gasteiger partial charge in [0.25, 0.3) is 0 Å². The lowest BCUT2D eigenvalue weighted by Gasteiger charge is -2.15. The molecule has 1 aromatic heterocycles. The molecular formula is C50H57N3O11. The van der Waals surface area contributed by atoms with Crippen molar-refractivity contribution >= 4 is 23.5 Å². The van der Waals surface area contributed by atoms with E-state index in [1.54, 1.807) is 93.8 Å². The third-order valence-electron chi connectivity index (χ3n) is 10.5. The number of esters is 2. The van der Waals surface area contributed by atoms with Crippen LogP contribution >= 0.6 is 0 Å². The van der Waals surface area contributed by atoms with Gasteiger partial charge in [0.15, 0.2) is 41.2 Å². The van der Waals surface area contributed by atoms with Crippen LogP contribution in [0, 0.1) is 0 Å². The van der Waals surface area contributed by atoms with E-state index in [1.807, 2.05) is 0 Å². The number of hydrogen-bond donors (Lipinski definition) is 2. The van der Waals surface area contributed by atoms with E-state index in [4.69, 9.17) is 23.7 Å². The normalized spacial score (nSPS) is 11.9. The van der Waals surface area contributed by atoms with Gasteiger partial charge in [-0.2, -0.15) is 0 Å². The van der Waals surface area contributed by atoms with Crippen LogP contribution < -0.4 is 14.2 Å². The average Bonchev–Trinajstić information content (AvgIpc) is 3.28. The first-order valence-electron chi connectivity index (χ1n) is 21.7. The number of carbonyl (C=O) groups is 4. The molecule has 0 spiro atoms. The Balaban J connectivity index is 1.04. The molecule has 0 bridgehead atoms. The largest absolute Gasteiger partial charge is 0.507 e. The molecule has 5 aromatic rings. The highest BCUT2D eigenvalue weighted by Crippen LogP contribution is 2.36. The first-order chi connectivity index (χ1) is 30.8. The summed E-state index contributed by atoms with van der Waals surface area (Å²) in [5.74, 6) is 0.169. The van der Waals surface area contributed by atoms with Gasteiger partial charge in [-0.25, -0.2) is 24.5 Å². The van der Waals surface area contributed by atoms with E-state index < -0.39 is 18.2 Å². The molecule has 4 aromatic carbocycles. The number of carbonyl (C=O) groups excluding carboxylic acids is 4. The van der Waals surface area contributed by atoms with E-state index in [0.717, 1.165) is 64.2 Å². The Morgan fingerprint density at radius 3 is 1.44 bits per heavy atom. The fourth-order valence-corrected chi connectivity index (χ4v) is 6.57. The van der Waals surface area contributed by atoms with E-state index in [2.05, 4.69) is 15.0 Å². The predicted octanol–water partition coefficient (Wildman–Crippen LogP) is 9.92. The number of Topliss-reactive ketones (excluding diaryl/α,β-unsaturated/α-hetero) is 2. The van der Waals surface area contributed by atoms with E-state index in [0.29, 0.717) is 34.8 Å². The number of hydrogen-bond acceptors (Lipinski definition) is 14. The Bertz CT molecular complexity index is 2350. The minimum Gasteiger partial charge on any atom is -0.507 e. The maximum atomic E-state index is 12.7. The monoisotopic (exact) mass is 875 g/mol. The zero-order valence-electron chi connectivity index (χ0n) is 37.1. The first-order valence-corrected chi connectivity index (χ1v) is 21.7. The molecule has 0 amide bonds. The van der Waals surface area contributed by atoms with E-state index in [-0.39, 0.29) is 70.0 Å². The number of ether oxygens (including phenoxy) is 5. The standard InChI is InChI=1S/C50H57N3O11/c1-32(54)34(3)63-40-24-26-42(44(56)30-40)47-51-46(37-20-22-39(60-5)23-21-37)52-48(53-47)43-27-25-41(31-45(43)57)64-35(4)49(58)61-28-14-12-10-8-6-7-9-11-13-15-29-62-50(59)38-18-16-36(17-19-38)33(2)55/h16-27,30-31,34-35,56-57H,6-15,28-29H2,1-5H3. The highest BCUT2D eigenvalue weighted by atomic mass is 16.6. The van der Waals surface area contributed by atoms with Crippen molar-refractivity contribution in [3.63, 3.8) is 0 Å². The Labute approximate surface area is 374 Å². The molecule has 0 fully saturated rings. The molecule has 0 saturated heterocycles. The predicted molar refractivity (Wildman–Crippen MR) is 241 cm³/mol. The third-order valence-corrected chi connectivity index (χ3v) is 10.5. The smallest absolute Gasteiger partial charge is 0.347 e. The van der Waals surface area contributed by atoms with Gasteiger partial charge in [0.05, 0.1) is 37.0 Å². The quantitative estimate of drug-likeness (QED) is 0.0320. The number of rotatable bonds is 25. The van der Waals surface area contributed by atoms with Crippen molar-refractivity contribution in [3.8, 4) is 62.9 Å². The number of aromatic nitrogens is 3. The highest BCUT2D eigenvalue weighted by molar-refractivity contribution is 5.96. The van der Waals surface area contributed by atoms with Crippen molar-refractivity contribution in [3.05, 3.63) is 96.1 Å². The van der Waals surface area contributed by atoms with Crippen LogP contribution in [0.1, 0.15) is 113 Å². The number of ketones is 2. The molecule has 0 aliphatic rings. The van der Waals surface area contributed by atoms with Crippen LogP contribution in [0.4, 0.5) is 0 Å². The summed E-state index contributed by atoms with van der Waals surface area (Å²) in [4.78, 5) is 61.9. The van der Waals surface area contributed by atoms with Gasteiger partial charge in [0.2, 0.25) is 0 Å². The van der Waals surface area contributed by atoms with Gasteiger partial charge in [-0.05, 0) is 101 Å². The van der Waals surface area contributed by atoms with Gasteiger partial charge >= 0.3 is 11.9 Å². The molecule has 14 nitrogen and oxygen atoms in total. The summed E-state index contributed by atoms with van der Waals surface area (Å²) in [6.45, 7) is 6.77. The number of benzene rings is 4. The van der Waals surface area contributed by atoms with Gasteiger partial charge in [-0.1, -0.05) is 63.5 Å². The average molecular weight is 876 g/mol. The van der Waals surface area contributed by atoms with Crippen LogP contribution in [0.3, 0.4) is 0 Å². The molecule has 2 atom stereocenters. The summed E-state index contributed by atoms with van der Waals surface area (Å²) in [7, 11) is 1.56. The van der Waals surface area contributed by atoms with E-state index >= 15 is 0 Å². The lowest BCUT2D eigenvalue weighted by molar-refractivity contribution is -0.151. The second-order valence-corrected chi connectivity index (χ2v) is 15.5. The van der Waals surface area contributed by atoms with Gasteiger partial charge in [0.1, 0.15) is 28.7 Å². The summed E-state index contributed by atoms with van der Waals surface area (Å²) >= 11 is 0. The van der Waals surface area contributed by atoms with Gasteiger partial charge < -0.3 is 33.9 Å². The number of aromatic hydroxyl groups is 2. The van der Waals surface area contributed by atoms with Crippen molar-refractivity contribution in [2.75, 3.05) is 20.3 Å². The summed E-state index contributed by atoms with van der Waals surface area (Å²) in [5.41, 5.74) is 2.16. The molecule has 2 N–H and O–H groups in total. The number of phenolic OH excluding ortho intramolecular Hbond substituents is 2. The third kappa shape index (κ3) is 14.4. The molecule has 0 aliphatic carbocycles. The molecule has 0 aliphatic heterocycles. The van der Waals surface area contributed by atoms with Crippen LogP contribution in [0.2, 0.25) is 0 Å². The SMILES string of the molecule is COc1ccc(-c2nc(-c3ccc(OC(C)C(C)=O)cc3O)nc(-c3ccc(OC(C)C(=O)OCCCCCCCCCCCCOC(=O)c4ccc(C(C)=O)cc4)cc3O)n2)cc1. The molecule has 5 rings (SSSR count). The maximum absolute atomic E-state index is 12.7. The molecule has 0 radical (unpaired) electrons. The number of nitrogens with zero attached hydrogens (tertiary/aromatic N) is 3. The van der Waals surface area contributed by atoms with Crippen molar-refractivity contribution in [2.24, 2.45) is 0 Å². The number of phenols is 2. The minimum atomic E-state index is -0.929. The second kappa shape index (κ2) is 24.1. The Morgan fingerprint density at radius 1 is 0.531 bits per heavy atom. The summed E-state index contributed by atoms with van der Waals surface area (Å²) in [5, 5.41) is 22.2. The fraction of sp³-hybridized carbons (Fsp3) is 0.380. The molecule has 0 saturated carbocycles. The Morgan fingerprint density at radius 2 is 0.969 bits per heavy atom. The Hall–Kier alpha value is -6.83. The molecule has 2 unspecified atom stereocenters. The zero-order chi connectivity index (χ0) is 46.0. The van der Waals surface area contributed by atoms with Crippen molar-refractivity contribution in [1.82, 2.24) is 15.0 Å². The fourth-order valence-electron chi connectivity index (χ4n) is 6.57. The lowest BCUT2D eigenvalue weighted by Crippen LogP contribution is -2.26. The highest BCUT2D eigenvalue weighted by Gasteiger charge is 2.21. The number of methoxy groups -OCH3 is 1. The van der Waals surface area contributed by atoms with E-state index in [1.165, 1.54) is 26.0 Å². The van der Waals surface area contributed by atoms with Crippen LogP contribution in [-0.4, -0.2) is 81.2 Å². The van der Waals surface area contributed by atoms with Gasteiger partial charge in [0, 0.05) is 23.3 Å². The van der Waals surface area contributed by atoms with Crippen LogP contribution in [-0.2, 0) is 19.1 Å². The zero-order valence-corrected chi connectivity index (χ0v) is 37.1. The van der Waals surface area contributed by atoms with Crippen LogP contribution in [0.15, 0.2) is 84.9 Å². The van der Waals surface area contributed by atoms with Gasteiger partial charge in [-0.15, -0.1) is 0 Å². The molecule has 14 heteroatoms. The van der Waals surface area contributed by atoms with Crippen molar-refractivity contribution in [2.45, 2.75) is 104 Å². The summed E-state index contributed by atoms with van der Waals surface area (Å²) < 4.78 is 27.6. The first kappa shape index (κ1) is 48.2. The van der Waals surface area contributed by atoms with Crippen LogP contribution in [0.25, 0.3) is 34.2 Å². The van der Waals surface area contributed by atoms with Gasteiger partial charge in [-0.3, -0.25) is 9.59 Å². The van der Waals surface area contributed by atoms with E-state index in [9.17, 15) is 29.4 Å². The molecule has 1 heterocycles. The minimum absolute atomic E-state index is 0.0428. The topological polar surface area (TPSA) is 194 Å². The van der Waals surface area contributed by atoms with Crippen molar-refractivity contribution in [1.29, 1.82) is 0 Å². The number of unbranched alkanes of at least 4 members (excludes halogenated alkanes) is 9. The maximum Gasteiger partial charge on any atom is 0.347 e. The summed E-state index contributed by atoms with van der Waals surface area (Å²) in [6.07, 6.45) is 8.52. The molecular weight excluding hydrogens is 819 g/mol. The van der Waals surface area contributed by atoms with Crippen LogP contribution in [0.5, 0.6) is 28.7 Å². The molecule has 338 valence electrons. The lowest BCUT2D eigenvalue weighted by atomic mass is 10.1.